The van der Waals surface area contributed by atoms with E-state index in [0.29, 0.717) is 12.4 Å². The second-order valence-corrected chi connectivity index (χ2v) is 3.29. The van der Waals surface area contributed by atoms with E-state index in [2.05, 4.69) is 4.98 Å². The molecule has 2 aromatic rings. The molecule has 4 nitrogen and oxygen atoms in total. The number of aromatic nitrogens is 1. The summed E-state index contributed by atoms with van der Waals surface area (Å²) in [6.07, 6.45) is 1.79. The Morgan fingerprint density at radius 3 is 2.75 bits per heavy atom. The lowest BCUT2D eigenvalue weighted by Crippen LogP contribution is -2.03. The van der Waals surface area contributed by atoms with Crippen LogP contribution in [-0.2, 0) is 6.61 Å². The average Bonchev–Trinajstić information content (AvgIpc) is 2.79. The molecule has 0 atom stereocenters. The molecule has 0 saturated heterocycles. The van der Waals surface area contributed by atoms with Gasteiger partial charge in [0, 0.05) is 6.20 Å². The largest absolute Gasteiger partial charge is 0.486 e. The third-order valence-corrected chi connectivity index (χ3v) is 2.16. The highest BCUT2D eigenvalue weighted by atomic mass is 16.5. The first kappa shape index (κ1) is 10.3. The van der Waals surface area contributed by atoms with Crippen LogP contribution in [0.3, 0.4) is 0 Å². The normalized spacial score (nSPS) is 10.0. The third-order valence-electron chi connectivity index (χ3n) is 2.16. The Kier molecular flexibility index (Phi) is 2.91. The molecule has 0 aliphatic rings. The number of H-pyrrole nitrogens is 1. The van der Waals surface area contributed by atoms with E-state index >= 15 is 0 Å². The highest BCUT2D eigenvalue weighted by molar-refractivity contribution is 5.90. The topological polar surface area (TPSA) is 62.3 Å². The maximum Gasteiger partial charge on any atom is 0.339 e. The number of aromatic carboxylic acids is 1. The molecule has 0 radical (unpaired) electrons. The Morgan fingerprint density at radius 1 is 1.25 bits per heavy atom. The number of carboxylic acid groups (broad SMARTS) is 1. The number of hydrogen-bond acceptors (Lipinski definition) is 2. The molecule has 0 amide bonds. The molecule has 1 heterocycles. The molecule has 82 valence electrons. The predicted molar refractivity (Wildman–Crippen MR) is 58.5 cm³/mol. The molecule has 2 rings (SSSR count). The minimum atomic E-state index is -0.984. The fraction of sp³-hybridized carbons (Fsp3) is 0.0833. The van der Waals surface area contributed by atoms with Gasteiger partial charge in [-0.2, -0.15) is 0 Å². The number of ether oxygens (including phenoxy) is 1. The van der Waals surface area contributed by atoms with E-state index in [0.717, 1.165) is 5.69 Å². The lowest BCUT2D eigenvalue weighted by Gasteiger charge is -2.07. The van der Waals surface area contributed by atoms with Crippen LogP contribution in [0.5, 0.6) is 5.75 Å². The Hall–Kier alpha value is -2.23. The summed E-state index contributed by atoms with van der Waals surface area (Å²) < 4.78 is 5.43. The van der Waals surface area contributed by atoms with Crippen LogP contribution in [0.1, 0.15) is 16.1 Å². The van der Waals surface area contributed by atoms with Crippen molar-refractivity contribution < 1.29 is 14.6 Å². The van der Waals surface area contributed by atoms with Crippen molar-refractivity contribution in [3.05, 3.63) is 53.9 Å². The molecule has 0 aliphatic carbocycles. The molecule has 4 heteroatoms. The highest BCUT2D eigenvalue weighted by Crippen LogP contribution is 2.18. The van der Waals surface area contributed by atoms with Gasteiger partial charge in [-0.25, -0.2) is 4.79 Å². The second kappa shape index (κ2) is 4.53. The molecule has 0 saturated carbocycles. The van der Waals surface area contributed by atoms with Gasteiger partial charge in [-0.1, -0.05) is 12.1 Å². The molecule has 0 fully saturated rings. The van der Waals surface area contributed by atoms with Gasteiger partial charge in [0.1, 0.15) is 17.9 Å². The number of aromatic amines is 1. The van der Waals surface area contributed by atoms with Crippen molar-refractivity contribution in [1.82, 2.24) is 4.98 Å². The lowest BCUT2D eigenvalue weighted by molar-refractivity contribution is 0.0691. The van der Waals surface area contributed by atoms with E-state index in [-0.39, 0.29) is 5.56 Å². The van der Waals surface area contributed by atoms with Gasteiger partial charge in [0.25, 0.3) is 0 Å². The van der Waals surface area contributed by atoms with Crippen molar-refractivity contribution in [2.45, 2.75) is 6.61 Å². The maximum absolute atomic E-state index is 10.9. The number of nitrogens with one attached hydrogen (secondary N) is 1. The Morgan fingerprint density at radius 2 is 2.06 bits per heavy atom. The molecule has 1 aromatic carbocycles. The summed E-state index contributed by atoms with van der Waals surface area (Å²) in [5.74, 6) is -0.605. The fourth-order valence-electron chi connectivity index (χ4n) is 1.38. The molecular weight excluding hydrogens is 206 g/mol. The minimum Gasteiger partial charge on any atom is -0.486 e. The molecule has 0 spiro atoms. The highest BCUT2D eigenvalue weighted by Gasteiger charge is 2.09. The summed E-state index contributed by atoms with van der Waals surface area (Å²) in [5.41, 5.74) is 1.08. The van der Waals surface area contributed by atoms with Crippen LogP contribution in [0.2, 0.25) is 0 Å². The summed E-state index contributed by atoms with van der Waals surface area (Å²) in [5, 5.41) is 8.94. The van der Waals surface area contributed by atoms with Crippen molar-refractivity contribution in [1.29, 1.82) is 0 Å². The smallest absolute Gasteiger partial charge is 0.339 e. The zero-order valence-corrected chi connectivity index (χ0v) is 8.51. The van der Waals surface area contributed by atoms with Crippen LogP contribution in [-0.4, -0.2) is 16.1 Å². The van der Waals surface area contributed by atoms with Crippen molar-refractivity contribution in [2.24, 2.45) is 0 Å². The Labute approximate surface area is 92.5 Å². The molecule has 0 aliphatic heterocycles. The molecule has 0 bridgehead atoms. The van der Waals surface area contributed by atoms with E-state index in [1.54, 1.807) is 24.4 Å². The molecule has 1 aromatic heterocycles. The van der Waals surface area contributed by atoms with Crippen LogP contribution in [0.15, 0.2) is 42.6 Å². The number of rotatable bonds is 4. The Balaban J connectivity index is 2.12. The summed E-state index contributed by atoms with van der Waals surface area (Å²) >= 11 is 0. The van der Waals surface area contributed by atoms with Crippen LogP contribution < -0.4 is 4.74 Å². The monoisotopic (exact) mass is 217 g/mol. The van der Waals surface area contributed by atoms with Gasteiger partial charge in [-0.15, -0.1) is 0 Å². The predicted octanol–water partition coefficient (Wildman–Crippen LogP) is 2.29. The van der Waals surface area contributed by atoms with E-state index in [1.807, 2.05) is 12.1 Å². The van der Waals surface area contributed by atoms with Crippen molar-refractivity contribution in [2.75, 3.05) is 0 Å². The van der Waals surface area contributed by atoms with Crippen LogP contribution in [0.25, 0.3) is 0 Å². The van der Waals surface area contributed by atoms with E-state index in [4.69, 9.17) is 9.84 Å². The first-order valence-electron chi connectivity index (χ1n) is 4.85. The lowest BCUT2D eigenvalue weighted by atomic mass is 10.2. The van der Waals surface area contributed by atoms with Crippen LogP contribution in [0.4, 0.5) is 0 Å². The van der Waals surface area contributed by atoms with Gasteiger partial charge in [0.15, 0.2) is 0 Å². The maximum atomic E-state index is 10.9. The zero-order chi connectivity index (χ0) is 11.4. The quantitative estimate of drug-likeness (QED) is 0.825. The van der Waals surface area contributed by atoms with Crippen molar-refractivity contribution in [3.8, 4) is 5.75 Å². The Bertz CT molecular complexity index is 477. The number of para-hydroxylation sites is 1. The molecular formula is C12H11NO3. The minimum absolute atomic E-state index is 0.175. The van der Waals surface area contributed by atoms with Crippen molar-refractivity contribution >= 4 is 5.97 Å². The summed E-state index contributed by atoms with van der Waals surface area (Å²) in [4.78, 5) is 13.9. The second-order valence-electron chi connectivity index (χ2n) is 3.29. The van der Waals surface area contributed by atoms with E-state index in [1.165, 1.54) is 6.07 Å². The molecule has 0 unspecified atom stereocenters. The average molecular weight is 217 g/mol. The number of carboxylic acids is 1. The van der Waals surface area contributed by atoms with Gasteiger partial charge in [-0.05, 0) is 24.3 Å². The van der Waals surface area contributed by atoms with Crippen LogP contribution >= 0.6 is 0 Å². The third kappa shape index (κ3) is 2.23. The molecule has 2 N–H and O–H groups in total. The summed E-state index contributed by atoms with van der Waals surface area (Å²) in [6, 6.07) is 10.3. The van der Waals surface area contributed by atoms with Gasteiger partial charge in [-0.3, -0.25) is 0 Å². The first-order valence-corrected chi connectivity index (χ1v) is 4.85. The number of carbonyl (C=O) groups is 1. The van der Waals surface area contributed by atoms with Gasteiger partial charge in [0.2, 0.25) is 0 Å². The van der Waals surface area contributed by atoms with E-state index in [9.17, 15) is 4.79 Å². The number of benzene rings is 1. The SMILES string of the molecule is O=C(O)c1ccccc1OCc1ccc[nH]1. The summed E-state index contributed by atoms with van der Waals surface area (Å²) in [7, 11) is 0. The summed E-state index contributed by atoms with van der Waals surface area (Å²) in [6.45, 7) is 0.331. The van der Waals surface area contributed by atoms with Crippen LogP contribution in [0, 0.1) is 0 Å². The zero-order valence-electron chi connectivity index (χ0n) is 8.51. The fourth-order valence-corrected chi connectivity index (χ4v) is 1.38. The van der Waals surface area contributed by atoms with Gasteiger partial charge < -0.3 is 14.8 Å². The van der Waals surface area contributed by atoms with Crippen molar-refractivity contribution in [3.63, 3.8) is 0 Å². The standard InChI is InChI=1S/C12H11NO3/c14-12(15)10-5-1-2-6-11(10)16-8-9-4-3-7-13-9/h1-7,13H,8H2,(H,14,15). The first-order chi connectivity index (χ1) is 7.77. The van der Waals surface area contributed by atoms with Gasteiger partial charge >= 0.3 is 5.97 Å². The van der Waals surface area contributed by atoms with Gasteiger partial charge in [0.05, 0.1) is 5.69 Å². The van der Waals surface area contributed by atoms with E-state index < -0.39 is 5.97 Å². The molecule has 16 heavy (non-hydrogen) atoms. The number of hydrogen-bond donors (Lipinski definition) is 2.